The Balaban J connectivity index is 1.72. The van der Waals surface area contributed by atoms with Crippen molar-refractivity contribution < 1.29 is 13.2 Å². The predicted molar refractivity (Wildman–Crippen MR) is 124 cm³/mol. The molecular weight excluding hydrogens is 422 g/mol. The highest BCUT2D eigenvalue weighted by atomic mass is 32.2. The summed E-state index contributed by atoms with van der Waals surface area (Å²) in [6.45, 7) is 1.54. The molecule has 0 fully saturated rings. The highest BCUT2D eigenvalue weighted by molar-refractivity contribution is 7.89. The summed E-state index contributed by atoms with van der Waals surface area (Å²) in [4.78, 5) is 11.8. The van der Waals surface area contributed by atoms with Gasteiger partial charge in [-0.2, -0.15) is 9.40 Å². The molecule has 4 rings (SSSR count). The fourth-order valence-corrected chi connectivity index (χ4v) is 4.65. The fraction of sp³-hybridized carbons (Fsp3) is 0.120. The monoisotopic (exact) mass is 445 g/mol. The van der Waals surface area contributed by atoms with E-state index in [1.54, 1.807) is 16.8 Å². The van der Waals surface area contributed by atoms with E-state index in [1.165, 1.54) is 30.4 Å². The predicted octanol–water partition coefficient (Wildman–Crippen LogP) is 4.56. The van der Waals surface area contributed by atoms with E-state index < -0.39 is 10.0 Å². The Bertz CT molecular complexity index is 1350. The molecule has 0 aliphatic heterocycles. The number of aromatic nitrogens is 2. The number of sulfonamides is 1. The number of para-hydroxylation sites is 1. The molecule has 0 amide bonds. The Hall–Kier alpha value is -3.55. The number of benzene rings is 3. The van der Waals surface area contributed by atoms with Gasteiger partial charge in [-0.15, -0.1) is 0 Å². The van der Waals surface area contributed by atoms with Gasteiger partial charge >= 0.3 is 0 Å². The Morgan fingerprint density at radius 2 is 1.59 bits per heavy atom. The van der Waals surface area contributed by atoms with Crippen LogP contribution in [0.25, 0.3) is 16.9 Å². The molecule has 0 saturated heterocycles. The summed E-state index contributed by atoms with van der Waals surface area (Å²) in [7, 11) is -2.27. The van der Waals surface area contributed by atoms with Crippen molar-refractivity contribution in [2.24, 2.45) is 0 Å². The minimum atomic E-state index is -3.80. The first kappa shape index (κ1) is 21.7. The summed E-state index contributed by atoms with van der Waals surface area (Å²) in [5.41, 5.74) is 3.64. The van der Waals surface area contributed by atoms with Crippen molar-refractivity contribution in [3.63, 3.8) is 0 Å². The van der Waals surface area contributed by atoms with Crippen LogP contribution in [-0.2, 0) is 16.6 Å². The molecule has 0 unspecified atom stereocenters. The molecule has 0 spiro atoms. The van der Waals surface area contributed by atoms with E-state index in [1.807, 2.05) is 66.9 Å². The van der Waals surface area contributed by atoms with Gasteiger partial charge in [0, 0.05) is 36.5 Å². The van der Waals surface area contributed by atoms with E-state index >= 15 is 0 Å². The highest BCUT2D eigenvalue weighted by Crippen LogP contribution is 2.26. The fourth-order valence-electron chi connectivity index (χ4n) is 3.46. The zero-order valence-corrected chi connectivity index (χ0v) is 18.7. The minimum absolute atomic E-state index is 0.0874. The Morgan fingerprint density at radius 3 is 2.25 bits per heavy atom. The second-order valence-corrected chi connectivity index (χ2v) is 9.54. The number of ketones is 1. The Labute approximate surface area is 187 Å². The van der Waals surface area contributed by atoms with E-state index in [0.717, 1.165) is 16.8 Å². The smallest absolute Gasteiger partial charge is 0.243 e. The molecule has 0 aliphatic rings. The molecule has 0 atom stereocenters. The molecule has 6 nitrogen and oxygen atoms in total. The van der Waals surface area contributed by atoms with Crippen molar-refractivity contribution in [1.29, 1.82) is 0 Å². The van der Waals surface area contributed by atoms with Crippen LogP contribution in [0.5, 0.6) is 0 Å². The van der Waals surface area contributed by atoms with Crippen LogP contribution in [-0.4, -0.2) is 35.3 Å². The maximum absolute atomic E-state index is 13.2. The topological polar surface area (TPSA) is 72.3 Å². The van der Waals surface area contributed by atoms with E-state index in [-0.39, 0.29) is 17.2 Å². The quantitative estimate of drug-likeness (QED) is 0.391. The lowest BCUT2D eigenvalue weighted by molar-refractivity contribution is 0.101. The number of carbonyl (C=O) groups excluding carboxylic acids is 1. The summed E-state index contributed by atoms with van der Waals surface area (Å²) < 4.78 is 29.5. The van der Waals surface area contributed by atoms with Gasteiger partial charge in [0.05, 0.1) is 16.3 Å². The average molecular weight is 446 g/mol. The van der Waals surface area contributed by atoms with Gasteiger partial charge in [0.25, 0.3) is 0 Å². The number of carbonyl (C=O) groups is 1. The maximum Gasteiger partial charge on any atom is 0.243 e. The molecule has 0 saturated carbocycles. The zero-order valence-electron chi connectivity index (χ0n) is 17.8. The van der Waals surface area contributed by atoms with Gasteiger partial charge in [0.1, 0.15) is 0 Å². The number of nitrogens with zero attached hydrogens (tertiary/aromatic N) is 3. The minimum Gasteiger partial charge on any atom is -0.295 e. The summed E-state index contributed by atoms with van der Waals surface area (Å²) >= 11 is 0. The normalized spacial score (nSPS) is 11.6. The third-order valence-electron chi connectivity index (χ3n) is 5.20. The number of hydrogen-bond donors (Lipinski definition) is 0. The number of hydrogen-bond acceptors (Lipinski definition) is 4. The first-order valence-electron chi connectivity index (χ1n) is 10.1. The maximum atomic E-state index is 13.2. The highest BCUT2D eigenvalue weighted by Gasteiger charge is 2.24. The van der Waals surface area contributed by atoms with Crippen LogP contribution < -0.4 is 0 Å². The molecule has 0 aliphatic carbocycles. The van der Waals surface area contributed by atoms with E-state index in [2.05, 4.69) is 0 Å². The SMILES string of the molecule is CC(=O)c1cccc(S(=O)(=O)N(C)Cc2cn(-c3ccccc3)nc2-c2ccccc2)c1. The average Bonchev–Trinajstić information content (AvgIpc) is 3.24. The summed E-state index contributed by atoms with van der Waals surface area (Å²) in [6.07, 6.45) is 1.86. The van der Waals surface area contributed by atoms with Crippen molar-refractivity contribution in [1.82, 2.24) is 14.1 Å². The van der Waals surface area contributed by atoms with Crippen LogP contribution >= 0.6 is 0 Å². The molecule has 4 aromatic rings. The molecule has 32 heavy (non-hydrogen) atoms. The lowest BCUT2D eigenvalue weighted by atomic mass is 10.1. The van der Waals surface area contributed by atoms with E-state index in [0.29, 0.717) is 11.3 Å². The van der Waals surface area contributed by atoms with Gasteiger partial charge in [-0.25, -0.2) is 13.1 Å². The molecule has 0 bridgehead atoms. The largest absolute Gasteiger partial charge is 0.295 e. The van der Waals surface area contributed by atoms with Crippen molar-refractivity contribution in [2.75, 3.05) is 7.05 Å². The summed E-state index contributed by atoms with van der Waals surface area (Å²) in [6, 6.07) is 25.5. The molecular formula is C25H23N3O3S. The van der Waals surface area contributed by atoms with Gasteiger partial charge in [0.15, 0.2) is 5.78 Å². The van der Waals surface area contributed by atoms with Crippen LogP contribution in [0.15, 0.2) is 96.0 Å². The molecule has 1 heterocycles. The van der Waals surface area contributed by atoms with Crippen molar-refractivity contribution >= 4 is 15.8 Å². The van der Waals surface area contributed by atoms with Crippen LogP contribution in [0.2, 0.25) is 0 Å². The first-order valence-corrected chi connectivity index (χ1v) is 11.6. The first-order chi connectivity index (χ1) is 15.4. The third kappa shape index (κ3) is 4.39. The van der Waals surface area contributed by atoms with E-state index in [4.69, 9.17) is 5.10 Å². The molecule has 162 valence electrons. The summed E-state index contributed by atoms with van der Waals surface area (Å²) in [5.74, 6) is -0.180. The van der Waals surface area contributed by atoms with Crippen molar-refractivity contribution in [3.8, 4) is 16.9 Å². The second kappa shape index (κ2) is 8.90. The molecule has 0 radical (unpaired) electrons. The molecule has 0 N–H and O–H groups in total. The second-order valence-electron chi connectivity index (χ2n) is 7.49. The molecule has 7 heteroatoms. The van der Waals surface area contributed by atoms with Gasteiger partial charge in [-0.05, 0) is 31.2 Å². The lowest BCUT2D eigenvalue weighted by Gasteiger charge is -2.17. The van der Waals surface area contributed by atoms with Crippen LogP contribution in [0.4, 0.5) is 0 Å². The van der Waals surface area contributed by atoms with Crippen LogP contribution in [0.3, 0.4) is 0 Å². The van der Waals surface area contributed by atoms with Gasteiger partial charge in [0.2, 0.25) is 10.0 Å². The Kier molecular flexibility index (Phi) is 6.03. The van der Waals surface area contributed by atoms with Crippen molar-refractivity contribution in [3.05, 3.63) is 102 Å². The number of Topliss-reactive ketones (excluding diaryl/α,β-unsaturated/α-hetero) is 1. The van der Waals surface area contributed by atoms with Gasteiger partial charge < -0.3 is 0 Å². The molecule has 1 aromatic heterocycles. The number of rotatable bonds is 7. The standard InChI is InChI=1S/C25H23N3O3S/c1-19(29)21-12-9-15-24(16-21)32(30,31)27(2)17-22-18-28(23-13-7-4-8-14-23)26-25(22)20-10-5-3-6-11-20/h3-16,18H,17H2,1-2H3. The van der Waals surface area contributed by atoms with E-state index in [9.17, 15) is 13.2 Å². The lowest BCUT2D eigenvalue weighted by Crippen LogP contribution is -2.26. The Morgan fingerprint density at radius 1 is 0.938 bits per heavy atom. The zero-order chi connectivity index (χ0) is 22.7. The van der Waals surface area contributed by atoms with Crippen molar-refractivity contribution in [2.45, 2.75) is 18.4 Å². The van der Waals surface area contributed by atoms with Crippen LogP contribution in [0.1, 0.15) is 22.8 Å². The van der Waals surface area contributed by atoms with Gasteiger partial charge in [-0.1, -0.05) is 60.7 Å². The van der Waals surface area contributed by atoms with Gasteiger partial charge in [-0.3, -0.25) is 4.79 Å². The summed E-state index contributed by atoms with van der Waals surface area (Å²) in [5, 5.41) is 4.75. The third-order valence-corrected chi connectivity index (χ3v) is 7.00. The molecule has 3 aromatic carbocycles. The van der Waals surface area contributed by atoms with Crippen LogP contribution in [0, 0.1) is 0 Å².